The molecule has 0 radical (unpaired) electrons. The Labute approximate surface area is 172 Å². The van der Waals surface area contributed by atoms with E-state index in [1.807, 2.05) is 49.3 Å². The van der Waals surface area contributed by atoms with Crippen molar-refractivity contribution in [1.29, 1.82) is 0 Å². The summed E-state index contributed by atoms with van der Waals surface area (Å²) in [6, 6.07) is 20.6. The first-order chi connectivity index (χ1) is 14.9. The van der Waals surface area contributed by atoms with E-state index >= 15 is 0 Å². The number of rotatable bonds is 0. The van der Waals surface area contributed by atoms with E-state index in [4.69, 9.17) is 0 Å². The third-order valence-electron chi connectivity index (χ3n) is 5.47. The van der Waals surface area contributed by atoms with E-state index in [0.29, 0.717) is 0 Å². The summed E-state index contributed by atoms with van der Waals surface area (Å²) in [6.45, 7) is 0. The first-order valence-electron chi connectivity index (χ1n) is 9.79. The Morgan fingerprint density at radius 1 is 0.433 bits per heavy atom. The highest BCUT2D eigenvalue weighted by atomic mass is 14.7. The Morgan fingerprint density at radius 2 is 0.833 bits per heavy atom. The molecule has 0 saturated heterocycles. The molecule has 30 heavy (non-hydrogen) atoms. The number of hydrogen-bond acceptors (Lipinski definition) is 4. The zero-order valence-electron chi connectivity index (χ0n) is 16.0. The van der Waals surface area contributed by atoms with Gasteiger partial charge in [0.15, 0.2) is 0 Å². The van der Waals surface area contributed by atoms with Gasteiger partial charge in [0.1, 0.15) is 0 Å². The number of hydrogen-bond donors (Lipinski definition) is 0. The van der Waals surface area contributed by atoms with E-state index in [-0.39, 0.29) is 0 Å². The summed E-state index contributed by atoms with van der Waals surface area (Å²) in [6.07, 6.45) is 11.3. The van der Waals surface area contributed by atoms with Gasteiger partial charge in [-0.2, -0.15) is 0 Å². The fraction of sp³-hybridized carbons (Fsp3) is 0. The van der Waals surface area contributed by atoms with Gasteiger partial charge in [-0.25, -0.2) is 0 Å². The zero-order chi connectivity index (χ0) is 19.9. The standard InChI is InChI=1S/C14H8N2.C12H8N2/c1-2-10-6-16-8-12-4-3-11-7-15-5-9(1)13(11)14(10)12;1-3-9-7-12-10(4-2-6-14-12)8-11(9)13-5-1/h1-8H;1-8H. The largest absolute Gasteiger partial charge is 0.263 e. The molecule has 4 heteroatoms. The van der Waals surface area contributed by atoms with Crippen molar-refractivity contribution in [3.8, 4) is 0 Å². The van der Waals surface area contributed by atoms with Crippen LogP contribution in [0.4, 0.5) is 0 Å². The summed E-state index contributed by atoms with van der Waals surface area (Å²) in [7, 11) is 0. The van der Waals surface area contributed by atoms with Crippen LogP contribution in [0.1, 0.15) is 0 Å². The summed E-state index contributed by atoms with van der Waals surface area (Å²) in [4.78, 5) is 17.1. The Morgan fingerprint density at radius 3 is 1.23 bits per heavy atom. The number of benzene rings is 3. The summed E-state index contributed by atoms with van der Waals surface area (Å²) >= 11 is 0. The second kappa shape index (κ2) is 6.71. The van der Waals surface area contributed by atoms with Gasteiger partial charge in [-0.3, -0.25) is 19.9 Å². The SMILES string of the molecule is c1cc2cncc3ccc4cncc1c4c23.c1cnc2cc3cccnc3cc2c1. The Hall–Kier alpha value is -4.18. The molecule has 0 fully saturated rings. The monoisotopic (exact) mass is 384 g/mol. The highest BCUT2D eigenvalue weighted by molar-refractivity contribution is 6.22. The molecular weight excluding hydrogens is 368 g/mol. The highest BCUT2D eigenvalue weighted by Crippen LogP contribution is 2.32. The molecule has 0 aliphatic rings. The zero-order valence-corrected chi connectivity index (χ0v) is 16.0. The molecule has 7 aromatic rings. The van der Waals surface area contributed by atoms with Crippen LogP contribution in [0.15, 0.2) is 97.8 Å². The van der Waals surface area contributed by atoms with Crippen molar-refractivity contribution in [2.24, 2.45) is 0 Å². The van der Waals surface area contributed by atoms with Gasteiger partial charge in [0.05, 0.1) is 11.0 Å². The van der Waals surface area contributed by atoms with Crippen molar-refractivity contribution in [2.45, 2.75) is 0 Å². The van der Waals surface area contributed by atoms with E-state index in [9.17, 15) is 0 Å². The minimum atomic E-state index is 1.02. The first-order valence-corrected chi connectivity index (χ1v) is 9.79. The second-order valence-corrected chi connectivity index (χ2v) is 7.30. The molecule has 4 heterocycles. The second-order valence-electron chi connectivity index (χ2n) is 7.30. The van der Waals surface area contributed by atoms with Gasteiger partial charge in [-0.15, -0.1) is 0 Å². The van der Waals surface area contributed by atoms with E-state index in [0.717, 1.165) is 21.8 Å². The lowest BCUT2D eigenvalue weighted by atomic mass is 9.98. The summed E-state index contributed by atoms with van der Waals surface area (Å²) in [5.41, 5.74) is 2.04. The van der Waals surface area contributed by atoms with Crippen LogP contribution in [0.5, 0.6) is 0 Å². The van der Waals surface area contributed by atoms with E-state index in [1.165, 1.54) is 32.3 Å². The smallest absolute Gasteiger partial charge is 0.0709 e. The van der Waals surface area contributed by atoms with E-state index < -0.39 is 0 Å². The van der Waals surface area contributed by atoms with Crippen molar-refractivity contribution < 1.29 is 0 Å². The molecule has 0 spiro atoms. The van der Waals surface area contributed by atoms with Crippen LogP contribution >= 0.6 is 0 Å². The maximum absolute atomic E-state index is 4.30. The third-order valence-corrected chi connectivity index (χ3v) is 5.47. The number of pyridine rings is 4. The molecule has 0 aliphatic heterocycles. The van der Waals surface area contributed by atoms with Crippen molar-refractivity contribution in [3.63, 3.8) is 0 Å². The van der Waals surface area contributed by atoms with Crippen molar-refractivity contribution in [3.05, 3.63) is 97.8 Å². The molecule has 0 bridgehead atoms. The van der Waals surface area contributed by atoms with Crippen LogP contribution in [0.2, 0.25) is 0 Å². The highest BCUT2D eigenvalue weighted by Gasteiger charge is 2.07. The van der Waals surface area contributed by atoms with Crippen LogP contribution in [-0.4, -0.2) is 19.9 Å². The summed E-state index contributed by atoms with van der Waals surface area (Å²) in [5.74, 6) is 0. The van der Waals surface area contributed by atoms with Crippen LogP contribution in [-0.2, 0) is 0 Å². The van der Waals surface area contributed by atoms with Crippen LogP contribution in [0.3, 0.4) is 0 Å². The van der Waals surface area contributed by atoms with Crippen molar-refractivity contribution >= 4 is 54.1 Å². The van der Waals surface area contributed by atoms with Gasteiger partial charge >= 0.3 is 0 Å². The average molecular weight is 384 g/mol. The number of aromatic nitrogens is 4. The lowest BCUT2D eigenvalue weighted by Gasteiger charge is -2.08. The van der Waals surface area contributed by atoms with Gasteiger partial charge < -0.3 is 0 Å². The number of fused-ring (bicyclic) bond motifs is 2. The minimum Gasteiger partial charge on any atom is -0.263 e. The molecule has 7 rings (SSSR count). The Balaban J connectivity index is 0.000000118. The van der Waals surface area contributed by atoms with Gasteiger partial charge in [-0.05, 0) is 24.3 Å². The molecule has 4 nitrogen and oxygen atoms in total. The van der Waals surface area contributed by atoms with Gasteiger partial charge in [0.25, 0.3) is 0 Å². The maximum atomic E-state index is 4.30. The molecule has 0 atom stereocenters. The molecule has 0 saturated carbocycles. The first kappa shape index (κ1) is 16.7. The summed E-state index contributed by atoms with van der Waals surface area (Å²) < 4.78 is 0. The third kappa shape index (κ3) is 2.70. The fourth-order valence-electron chi connectivity index (χ4n) is 4.07. The molecule has 140 valence electrons. The molecule has 0 aliphatic carbocycles. The Kier molecular flexibility index (Phi) is 3.74. The maximum Gasteiger partial charge on any atom is 0.0709 e. The normalized spacial score (nSPS) is 11.3. The van der Waals surface area contributed by atoms with Crippen molar-refractivity contribution in [2.75, 3.05) is 0 Å². The van der Waals surface area contributed by atoms with Crippen LogP contribution < -0.4 is 0 Å². The molecule has 3 aromatic carbocycles. The lowest BCUT2D eigenvalue weighted by molar-refractivity contribution is 1.37. The lowest BCUT2D eigenvalue weighted by Crippen LogP contribution is -1.85. The summed E-state index contributed by atoms with van der Waals surface area (Å²) in [5, 5.41) is 9.66. The minimum absolute atomic E-state index is 1.02. The number of nitrogens with zero attached hydrogens (tertiary/aromatic N) is 4. The Bertz CT molecular complexity index is 1420. The average Bonchev–Trinajstić information content (AvgIpc) is 2.82. The quantitative estimate of drug-likeness (QED) is 0.232. The molecular formula is C26H16N4. The van der Waals surface area contributed by atoms with Gasteiger partial charge in [0, 0.05) is 80.3 Å². The molecule has 0 unspecified atom stereocenters. The molecule has 4 aromatic heterocycles. The molecule has 0 amide bonds. The van der Waals surface area contributed by atoms with E-state index in [1.54, 1.807) is 0 Å². The molecule has 0 N–H and O–H groups in total. The van der Waals surface area contributed by atoms with Gasteiger partial charge in [0.2, 0.25) is 0 Å². The van der Waals surface area contributed by atoms with Gasteiger partial charge in [-0.1, -0.05) is 36.4 Å². The topological polar surface area (TPSA) is 51.6 Å². The van der Waals surface area contributed by atoms with Crippen LogP contribution in [0, 0.1) is 0 Å². The predicted molar refractivity (Wildman–Crippen MR) is 123 cm³/mol. The van der Waals surface area contributed by atoms with Crippen LogP contribution in [0.25, 0.3) is 54.1 Å². The van der Waals surface area contributed by atoms with Crippen molar-refractivity contribution in [1.82, 2.24) is 19.9 Å². The van der Waals surface area contributed by atoms with E-state index in [2.05, 4.69) is 68.5 Å². The fourth-order valence-corrected chi connectivity index (χ4v) is 4.07. The predicted octanol–water partition coefficient (Wildman–Crippen LogP) is 6.16.